The molecule has 0 aromatic heterocycles. The number of nitrogens with two attached hydrogens (primary N) is 1. The zero-order chi connectivity index (χ0) is 20.2. The second-order valence-electron chi connectivity index (χ2n) is 7.29. The fraction of sp³-hybridized carbons (Fsp3) is 0.450. The quantitative estimate of drug-likeness (QED) is 0.579. The number of nitrogens with zero attached hydrogens (tertiary/aromatic N) is 1. The van der Waals surface area contributed by atoms with Crippen molar-refractivity contribution in [2.75, 3.05) is 6.61 Å². The van der Waals surface area contributed by atoms with Gasteiger partial charge in [0.1, 0.15) is 24.0 Å². The Kier molecular flexibility index (Phi) is 6.11. The molecule has 1 aromatic carbocycles. The highest BCUT2D eigenvalue weighted by molar-refractivity contribution is 6.01. The van der Waals surface area contributed by atoms with Gasteiger partial charge in [-0.3, -0.25) is 14.4 Å². The molecule has 1 unspecified atom stereocenters. The Hall–Kier alpha value is -3.01. The summed E-state index contributed by atoms with van der Waals surface area (Å²) in [6.07, 6.45) is 5.27. The van der Waals surface area contributed by atoms with Crippen LogP contribution in [0.1, 0.15) is 49.5 Å². The minimum atomic E-state index is -0.896. The average Bonchev–Trinajstić information content (AvgIpc) is 2.87. The first-order valence-corrected chi connectivity index (χ1v) is 8.63. The number of primary amides is 1. The maximum Gasteiger partial charge on any atom is 0.306 e. The summed E-state index contributed by atoms with van der Waals surface area (Å²) in [4.78, 5) is 37.9. The first-order valence-electron chi connectivity index (χ1n) is 8.63. The van der Waals surface area contributed by atoms with Crippen LogP contribution in [0.2, 0.25) is 0 Å². The van der Waals surface area contributed by atoms with E-state index in [1.807, 2.05) is 0 Å². The van der Waals surface area contributed by atoms with Crippen LogP contribution in [0.3, 0.4) is 0 Å². The van der Waals surface area contributed by atoms with Crippen molar-refractivity contribution in [3.8, 4) is 18.1 Å². The fourth-order valence-electron chi connectivity index (χ4n) is 2.88. The second-order valence-corrected chi connectivity index (χ2v) is 7.29. The van der Waals surface area contributed by atoms with Crippen molar-refractivity contribution in [3.63, 3.8) is 0 Å². The minimum absolute atomic E-state index is 0.0124. The molecule has 1 aliphatic heterocycles. The molecule has 1 heterocycles. The van der Waals surface area contributed by atoms with Gasteiger partial charge in [-0.1, -0.05) is 5.92 Å². The van der Waals surface area contributed by atoms with Crippen molar-refractivity contribution in [1.82, 2.24) is 4.90 Å². The summed E-state index contributed by atoms with van der Waals surface area (Å²) < 4.78 is 10.6. The number of terminal acetylenes is 1. The summed E-state index contributed by atoms with van der Waals surface area (Å²) in [6, 6.07) is 4.11. The highest BCUT2D eigenvalue weighted by atomic mass is 16.6. The average molecular weight is 372 g/mol. The van der Waals surface area contributed by atoms with Crippen LogP contribution in [-0.4, -0.2) is 40.9 Å². The molecular weight excluding hydrogens is 348 g/mol. The lowest BCUT2D eigenvalue weighted by atomic mass is 10.1. The van der Waals surface area contributed by atoms with E-state index in [9.17, 15) is 14.4 Å². The largest absolute Gasteiger partial charge is 0.481 e. The molecule has 1 aromatic rings. The Bertz CT molecular complexity index is 789. The number of benzene rings is 1. The number of carbonyl (C=O) groups is 3. The number of amides is 2. The predicted molar refractivity (Wildman–Crippen MR) is 98.7 cm³/mol. The zero-order valence-electron chi connectivity index (χ0n) is 15.8. The summed E-state index contributed by atoms with van der Waals surface area (Å²) in [5, 5.41) is 0. The first-order chi connectivity index (χ1) is 12.6. The van der Waals surface area contributed by atoms with E-state index in [4.69, 9.17) is 21.6 Å². The Morgan fingerprint density at radius 2 is 2.07 bits per heavy atom. The Labute approximate surface area is 158 Å². The van der Waals surface area contributed by atoms with Gasteiger partial charge in [0, 0.05) is 18.5 Å². The topological polar surface area (TPSA) is 98.9 Å². The van der Waals surface area contributed by atoms with Crippen LogP contribution in [-0.2, 0) is 20.9 Å². The molecule has 0 saturated heterocycles. The molecule has 0 aliphatic carbocycles. The van der Waals surface area contributed by atoms with Crippen molar-refractivity contribution in [2.24, 2.45) is 5.73 Å². The van der Waals surface area contributed by atoms with Gasteiger partial charge in [-0.2, -0.15) is 0 Å². The standard InChI is InChI=1S/C20H24N2O5/c1-5-10-26-14-6-7-15-13(11-14)12-22(19(15)25)16(18(21)24)8-9-17(23)27-20(2,3)4/h1,6-7,11,16H,8-10,12H2,2-4H3,(H2,21,24). The zero-order valence-corrected chi connectivity index (χ0v) is 15.8. The molecular formula is C20H24N2O5. The van der Waals surface area contributed by atoms with Crippen LogP contribution < -0.4 is 10.5 Å². The number of esters is 1. The number of carbonyl (C=O) groups excluding carboxylic acids is 3. The molecule has 7 nitrogen and oxygen atoms in total. The van der Waals surface area contributed by atoms with E-state index in [1.54, 1.807) is 39.0 Å². The van der Waals surface area contributed by atoms with E-state index >= 15 is 0 Å². The monoisotopic (exact) mass is 372 g/mol. The Morgan fingerprint density at radius 1 is 1.37 bits per heavy atom. The van der Waals surface area contributed by atoms with Crippen molar-refractivity contribution in [3.05, 3.63) is 29.3 Å². The maximum atomic E-state index is 12.7. The molecule has 7 heteroatoms. The molecule has 1 aliphatic rings. The predicted octanol–water partition coefficient (Wildman–Crippen LogP) is 1.63. The van der Waals surface area contributed by atoms with Gasteiger partial charge in [0.05, 0.1) is 0 Å². The first kappa shape index (κ1) is 20.3. The molecule has 27 heavy (non-hydrogen) atoms. The van der Waals surface area contributed by atoms with Crippen molar-refractivity contribution in [2.45, 2.75) is 51.8 Å². The molecule has 2 rings (SSSR count). The van der Waals surface area contributed by atoms with Crippen LogP contribution >= 0.6 is 0 Å². The number of hydrogen-bond donors (Lipinski definition) is 1. The maximum absolute atomic E-state index is 12.7. The summed E-state index contributed by atoms with van der Waals surface area (Å²) in [5.41, 5.74) is 6.07. The summed E-state index contributed by atoms with van der Waals surface area (Å²) in [5.74, 6) is 1.51. The molecule has 0 radical (unpaired) electrons. The molecule has 0 spiro atoms. The van der Waals surface area contributed by atoms with Crippen molar-refractivity contribution < 1.29 is 23.9 Å². The van der Waals surface area contributed by atoms with Gasteiger partial charge < -0.3 is 20.1 Å². The number of hydrogen-bond acceptors (Lipinski definition) is 5. The smallest absolute Gasteiger partial charge is 0.306 e. The van der Waals surface area contributed by atoms with Crippen molar-refractivity contribution >= 4 is 17.8 Å². The second kappa shape index (κ2) is 8.12. The van der Waals surface area contributed by atoms with Gasteiger partial charge in [0.15, 0.2) is 0 Å². The van der Waals surface area contributed by atoms with Crippen LogP contribution in [0, 0.1) is 12.3 Å². The number of ether oxygens (including phenoxy) is 2. The highest BCUT2D eigenvalue weighted by Crippen LogP contribution is 2.29. The van der Waals surface area contributed by atoms with Gasteiger partial charge in [-0.15, -0.1) is 6.42 Å². The molecule has 0 bridgehead atoms. The van der Waals surface area contributed by atoms with E-state index in [0.717, 1.165) is 5.56 Å². The van der Waals surface area contributed by atoms with Gasteiger partial charge in [-0.25, -0.2) is 0 Å². The molecule has 1 atom stereocenters. The van der Waals surface area contributed by atoms with Gasteiger partial charge in [-0.05, 0) is 51.0 Å². The number of rotatable bonds is 7. The van der Waals surface area contributed by atoms with Crippen LogP contribution in [0.25, 0.3) is 0 Å². The summed E-state index contributed by atoms with van der Waals surface area (Å²) in [7, 11) is 0. The van der Waals surface area contributed by atoms with Gasteiger partial charge >= 0.3 is 5.97 Å². The van der Waals surface area contributed by atoms with Gasteiger partial charge in [0.2, 0.25) is 5.91 Å². The van der Waals surface area contributed by atoms with Crippen LogP contribution in [0.15, 0.2) is 18.2 Å². The lowest BCUT2D eigenvalue weighted by Gasteiger charge is -2.25. The van der Waals surface area contributed by atoms with E-state index in [1.165, 1.54) is 4.90 Å². The van der Waals surface area contributed by atoms with Crippen molar-refractivity contribution in [1.29, 1.82) is 0 Å². The van der Waals surface area contributed by atoms with E-state index in [2.05, 4.69) is 5.92 Å². The van der Waals surface area contributed by atoms with E-state index in [0.29, 0.717) is 11.3 Å². The third-order valence-corrected chi connectivity index (χ3v) is 3.98. The highest BCUT2D eigenvalue weighted by Gasteiger charge is 2.36. The lowest BCUT2D eigenvalue weighted by molar-refractivity contribution is -0.155. The molecule has 2 N–H and O–H groups in total. The molecule has 144 valence electrons. The van der Waals surface area contributed by atoms with E-state index in [-0.39, 0.29) is 31.9 Å². The van der Waals surface area contributed by atoms with Crippen LogP contribution in [0.4, 0.5) is 0 Å². The molecule has 0 fully saturated rings. The molecule has 2 amide bonds. The van der Waals surface area contributed by atoms with Crippen LogP contribution in [0.5, 0.6) is 5.75 Å². The SMILES string of the molecule is C#CCOc1ccc2c(c1)CN(C(CCC(=O)OC(C)(C)C)C(N)=O)C2=O. The normalized spacial score (nSPS) is 14.3. The minimum Gasteiger partial charge on any atom is -0.481 e. The lowest BCUT2D eigenvalue weighted by Crippen LogP contribution is -2.45. The molecule has 0 saturated carbocycles. The Morgan fingerprint density at radius 3 is 2.67 bits per heavy atom. The Balaban J connectivity index is 2.09. The number of fused-ring (bicyclic) bond motifs is 1. The summed E-state index contributed by atoms with van der Waals surface area (Å²) >= 11 is 0. The van der Waals surface area contributed by atoms with Gasteiger partial charge in [0.25, 0.3) is 5.91 Å². The third-order valence-electron chi connectivity index (χ3n) is 3.98. The van der Waals surface area contributed by atoms with E-state index < -0.39 is 23.5 Å². The third kappa shape index (κ3) is 5.23. The summed E-state index contributed by atoms with van der Waals surface area (Å²) in [6.45, 7) is 5.62. The fourth-order valence-corrected chi connectivity index (χ4v) is 2.88.